The minimum absolute atomic E-state index is 0.298. The first-order valence-corrected chi connectivity index (χ1v) is 6.66. The summed E-state index contributed by atoms with van der Waals surface area (Å²) in [6, 6.07) is 8.30. The molecule has 0 spiro atoms. The molecule has 1 aromatic carbocycles. The Morgan fingerprint density at radius 2 is 2.05 bits per heavy atom. The summed E-state index contributed by atoms with van der Waals surface area (Å²) < 4.78 is 0. The van der Waals surface area contributed by atoms with E-state index < -0.39 is 5.54 Å². The maximum atomic E-state index is 11.4. The van der Waals surface area contributed by atoms with Crippen LogP contribution in [0.2, 0.25) is 0 Å². The van der Waals surface area contributed by atoms with Crippen molar-refractivity contribution in [1.29, 1.82) is 0 Å². The lowest BCUT2D eigenvalue weighted by Crippen LogP contribution is -2.51. The molecule has 1 unspecified atom stereocenters. The molecule has 0 aliphatic carbocycles. The van der Waals surface area contributed by atoms with Crippen LogP contribution in [0.5, 0.6) is 0 Å². The summed E-state index contributed by atoms with van der Waals surface area (Å²) in [5, 5.41) is 3.01. The smallest absolute Gasteiger partial charge is 0.237 e. The number of anilines is 1. The molecule has 0 bridgehead atoms. The molecule has 0 saturated heterocycles. The fourth-order valence-electron chi connectivity index (χ4n) is 2.15. The standard InChI is InChI=1S/C15H25N3O/c1-12-8-5-6-9-13(12)18(4)11-7-10-15(2,17-3)14(16)19/h5-6,8-9,17H,7,10-11H2,1-4H3,(H2,16,19). The molecule has 4 nitrogen and oxygen atoms in total. The van der Waals surface area contributed by atoms with Gasteiger partial charge in [-0.1, -0.05) is 18.2 Å². The molecule has 3 N–H and O–H groups in total. The van der Waals surface area contributed by atoms with E-state index in [1.54, 1.807) is 7.05 Å². The van der Waals surface area contributed by atoms with E-state index in [0.29, 0.717) is 0 Å². The summed E-state index contributed by atoms with van der Waals surface area (Å²) in [6.07, 6.45) is 1.64. The number of amides is 1. The van der Waals surface area contributed by atoms with E-state index in [1.165, 1.54) is 11.3 Å². The molecule has 0 saturated carbocycles. The van der Waals surface area contributed by atoms with Crippen LogP contribution < -0.4 is 16.0 Å². The van der Waals surface area contributed by atoms with E-state index in [9.17, 15) is 4.79 Å². The molecular weight excluding hydrogens is 238 g/mol. The largest absolute Gasteiger partial charge is 0.374 e. The molecule has 1 atom stereocenters. The first-order chi connectivity index (χ1) is 8.90. The van der Waals surface area contributed by atoms with Gasteiger partial charge in [0.1, 0.15) is 0 Å². The Morgan fingerprint density at radius 1 is 1.42 bits per heavy atom. The average Bonchev–Trinajstić information content (AvgIpc) is 2.38. The minimum atomic E-state index is -0.618. The number of hydrogen-bond acceptors (Lipinski definition) is 3. The first-order valence-electron chi connectivity index (χ1n) is 6.66. The second-order valence-electron chi connectivity index (χ2n) is 5.26. The lowest BCUT2D eigenvalue weighted by atomic mass is 9.95. The van der Waals surface area contributed by atoms with E-state index in [-0.39, 0.29) is 5.91 Å². The van der Waals surface area contributed by atoms with Crippen LogP contribution in [0.15, 0.2) is 24.3 Å². The van der Waals surface area contributed by atoms with Gasteiger partial charge in [0, 0.05) is 19.3 Å². The maximum absolute atomic E-state index is 11.4. The monoisotopic (exact) mass is 263 g/mol. The SMILES string of the molecule is CNC(C)(CCCN(C)c1ccccc1C)C(N)=O. The Balaban J connectivity index is 2.54. The molecule has 4 heteroatoms. The fraction of sp³-hybridized carbons (Fsp3) is 0.533. The molecule has 19 heavy (non-hydrogen) atoms. The molecule has 0 heterocycles. The number of rotatable bonds is 7. The number of hydrogen-bond donors (Lipinski definition) is 2. The van der Waals surface area contributed by atoms with E-state index >= 15 is 0 Å². The Kier molecular flexibility index (Phi) is 5.36. The number of nitrogens with one attached hydrogen (secondary N) is 1. The van der Waals surface area contributed by atoms with Gasteiger partial charge in [-0.25, -0.2) is 0 Å². The number of benzene rings is 1. The Morgan fingerprint density at radius 3 is 2.58 bits per heavy atom. The summed E-state index contributed by atoms with van der Waals surface area (Å²) in [5.74, 6) is -0.298. The summed E-state index contributed by atoms with van der Waals surface area (Å²) in [4.78, 5) is 13.6. The van der Waals surface area contributed by atoms with Gasteiger partial charge in [0.2, 0.25) is 5.91 Å². The zero-order valence-electron chi connectivity index (χ0n) is 12.4. The number of likely N-dealkylation sites (N-methyl/N-ethyl adjacent to an activating group) is 1. The molecule has 1 amide bonds. The highest BCUT2D eigenvalue weighted by molar-refractivity contribution is 5.84. The predicted molar refractivity (Wildman–Crippen MR) is 80.3 cm³/mol. The third-order valence-corrected chi connectivity index (χ3v) is 3.79. The van der Waals surface area contributed by atoms with Gasteiger partial charge in [0.15, 0.2) is 0 Å². The lowest BCUT2D eigenvalue weighted by molar-refractivity contribution is -0.123. The van der Waals surface area contributed by atoms with Crippen molar-refractivity contribution in [3.63, 3.8) is 0 Å². The summed E-state index contributed by atoms with van der Waals surface area (Å²) in [6.45, 7) is 4.85. The zero-order chi connectivity index (χ0) is 14.5. The summed E-state index contributed by atoms with van der Waals surface area (Å²) in [7, 11) is 3.85. The third kappa shape index (κ3) is 3.96. The second kappa shape index (κ2) is 6.57. The fourth-order valence-corrected chi connectivity index (χ4v) is 2.15. The van der Waals surface area contributed by atoms with Crippen LogP contribution in [0.1, 0.15) is 25.3 Å². The van der Waals surface area contributed by atoms with Gasteiger partial charge in [-0.15, -0.1) is 0 Å². The zero-order valence-corrected chi connectivity index (χ0v) is 12.4. The lowest BCUT2D eigenvalue weighted by Gasteiger charge is -2.27. The van der Waals surface area contributed by atoms with Gasteiger partial charge in [0.25, 0.3) is 0 Å². The molecule has 0 radical (unpaired) electrons. The van der Waals surface area contributed by atoms with E-state index in [1.807, 2.05) is 19.1 Å². The number of nitrogens with zero attached hydrogens (tertiary/aromatic N) is 1. The van der Waals surface area contributed by atoms with Gasteiger partial charge < -0.3 is 16.0 Å². The van der Waals surface area contributed by atoms with Gasteiger partial charge in [-0.05, 0) is 45.4 Å². The van der Waals surface area contributed by atoms with Crippen molar-refractivity contribution in [2.24, 2.45) is 5.73 Å². The van der Waals surface area contributed by atoms with Gasteiger partial charge in [0.05, 0.1) is 5.54 Å². The molecular formula is C15H25N3O. The molecule has 1 aromatic rings. The number of carbonyl (C=O) groups excluding carboxylic acids is 1. The van der Waals surface area contributed by atoms with E-state index in [4.69, 9.17) is 5.73 Å². The summed E-state index contributed by atoms with van der Waals surface area (Å²) in [5.41, 5.74) is 7.29. The van der Waals surface area contributed by atoms with Gasteiger partial charge >= 0.3 is 0 Å². The molecule has 0 fully saturated rings. The third-order valence-electron chi connectivity index (χ3n) is 3.79. The van der Waals surface area contributed by atoms with Crippen molar-refractivity contribution in [2.45, 2.75) is 32.2 Å². The molecule has 1 rings (SSSR count). The first kappa shape index (κ1) is 15.5. The van der Waals surface area contributed by atoms with Crippen molar-refractivity contribution in [3.05, 3.63) is 29.8 Å². The van der Waals surface area contributed by atoms with Crippen molar-refractivity contribution in [1.82, 2.24) is 5.32 Å². The minimum Gasteiger partial charge on any atom is -0.374 e. The highest BCUT2D eigenvalue weighted by Crippen LogP contribution is 2.19. The quantitative estimate of drug-likeness (QED) is 0.787. The molecule has 0 aliphatic heterocycles. The maximum Gasteiger partial charge on any atom is 0.237 e. The van der Waals surface area contributed by atoms with Gasteiger partial charge in [-0.3, -0.25) is 4.79 Å². The number of carbonyl (C=O) groups is 1. The second-order valence-corrected chi connectivity index (χ2v) is 5.26. The van der Waals surface area contributed by atoms with E-state index in [2.05, 4.69) is 36.3 Å². The van der Waals surface area contributed by atoms with E-state index in [0.717, 1.165) is 19.4 Å². The normalized spacial score (nSPS) is 13.9. The summed E-state index contributed by atoms with van der Waals surface area (Å²) >= 11 is 0. The number of para-hydroxylation sites is 1. The Bertz CT molecular complexity index is 433. The molecule has 0 aliphatic rings. The van der Waals surface area contributed by atoms with Crippen LogP contribution in [-0.2, 0) is 4.79 Å². The van der Waals surface area contributed by atoms with Crippen LogP contribution in [0.4, 0.5) is 5.69 Å². The van der Waals surface area contributed by atoms with Crippen LogP contribution in [0.25, 0.3) is 0 Å². The van der Waals surface area contributed by atoms with Gasteiger partial charge in [-0.2, -0.15) is 0 Å². The number of nitrogens with two attached hydrogens (primary N) is 1. The van der Waals surface area contributed by atoms with Crippen molar-refractivity contribution in [2.75, 3.05) is 25.5 Å². The Hall–Kier alpha value is -1.55. The average molecular weight is 263 g/mol. The van der Waals surface area contributed by atoms with Crippen molar-refractivity contribution < 1.29 is 4.79 Å². The number of aryl methyl sites for hydroxylation is 1. The van der Waals surface area contributed by atoms with Crippen LogP contribution >= 0.6 is 0 Å². The van der Waals surface area contributed by atoms with Crippen LogP contribution in [0, 0.1) is 6.92 Å². The molecule has 0 aromatic heterocycles. The van der Waals surface area contributed by atoms with Crippen LogP contribution in [0.3, 0.4) is 0 Å². The molecule has 106 valence electrons. The highest BCUT2D eigenvalue weighted by Gasteiger charge is 2.28. The highest BCUT2D eigenvalue weighted by atomic mass is 16.1. The van der Waals surface area contributed by atoms with Crippen LogP contribution in [-0.4, -0.2) is 32.1 Å². The van der Waals surface area contributed by atoms with Crippen molar-refractivity contribution >= 4 is 11.6 Å². The van der Waals surface area contributed by atoms with Crippen molar-refractivity contribution in [3.8, 4) is 0 Å². The predicted octanol–water partition coefficient (Wildman–Crippen LogP) is 1.67. The topological polar surface area (TPSA) is 58.4 Å². The Labute approximate surface area is 116 Å². The number of primary amides is 1.